The minimum atomic E-state index is -1.53. The van der Waals surface area contributed by atoms with Gasteiger partial charge in [-0.25, -0.2) is 4.79 Å². The number of nitrogen functional groups attached to an aromatic ring is 1. The van der Waals surface area contributed by atoms with Crippen molar-refractivity contribution in [2.75, 3.05) is 12.0 Å². The predicted molar refractivity (Wildman–Crippen MR) is 131 cm³/mol. The SMILES string of the molecule is COC(C(=O)O)C(=O)N(c1ccc2c(c1)cc(Cc1ccc(C(=N)N)cc1)n2C)C1CCCC1. The van der Waals surface area contributed by atoms with E-state index in [1.54, 1.807) is 4.90 Å². The normalized spacial score (nSPS) is 14.9. The van der Waals surface area contributed by atoms with Crippen LogP contribution in [0.5, 0.6) is 0 Å². The first-order chi connectivity index (χ1) is 16.3. The van der Waals surface area contributed by atoms with E-state index in [0.29, 0.717) is 17.7 Å². The number of carboxylic acids is 1. The third kappa shape index (κ3) is 4.54. The number of fused-ring (bicyclic) bond motifs is 1. The number of benzene rings is 2. The van der Waals surface area contributed by atoms with E-state index >= 15 is 0 Å². The molecule has 1 aromatic heterocycles. The summed E-state index contributed by atoms with van der Waals surface area (Å²) in [7, 11) is 3.26. The minimum Gasteiger partial charge on any atom is -0.479 e. The van der Waals surface area contributed by atoms with E-state index in [-0.39, 0.29) is 11.9 Å². The molecule has 1 amide bonds. The fourth-order valence-electron chi connectivity index (χ4n) is 4.84. The summed E-state index contributed by atoms with van der Waals surface area (Å²) in [5, 5.41) is 18.0. The van der Waals surface area contributed by atoms with Crippen molar-refractivity contribution in [2.45, 2.75) is 44.2 Å². The summed E-state index contributed by atoms with van der Waals surface area (Å²) in [5.41, 5.74) is 10.2. The number of nitrogens with one attached hydrogen (secondary N) is 1. The molecule has 1 heterocycles. The van der Waals surface area contributed by atoms with Crippen LogP contribution in [-0.4, -0.2) is 46.6 Å². The Labute approximate surface area is 198 Å². The summed E-state index contributed by atoms with van der Waals surface area (Å²) in [6, 6.07) is 15.5. The number of rotatable bonds is 8. The highest BCUT2D eigenvalue weighted by Crippen LogP contribution is 2.32. The number of aryl methyl sites for hydroxylation is 1. The first-order valence-electron chi connectivity index (χ1n) is 11.4. The number of nitrogens with two attached hydrogens (primary N) is 1. The molecule has 1 aliphatic carbocycles. The Morgan fingerprint density at radius 3 is 2.44 bits per heavy atom. The second kappa shape index (κ2) is 9.69. The number of methoxy groups -OCH3 is 1. The highest BCUT2D eigenvalue weighted by Gasteiger charge is 2.36. The zero-order chi connectivity index (χ0) is 24.4. The first-order valence-corrected chi connectivity index (χ1v) is 11.4. The molecule has 1 unspecified atom stereocenters. The second-order valence-corrected chi connectivity index (χ2v) is 8.83. The van der Waals surface area contributed by atoms with Gasteiger partial charge < -0.3 is 25.0 Å². The lowest BCUT2D eigenvalue weighted by atomic mass is 10.1. The van der Waals surface area contributed by atoms with Crippen molar-refractivity contribution in [3.8, 4) is 0 Å². The molecule has 4 rings (SSSR count). The van der Waals surface area contributed by atoms with Gasteiger partial charge >= 0.3 is 5.97 Å². The molecule has 0 saturated heterocycles. The number of ether oxygens (including phenoxy) is 1. The number of carbonyl (C=O) groups excluding carboxylic acids is 1. The van der Waals surface area contributed by atoms with Crippen molar-refractivity contribution < 1.29 is 19.4 Å². The molecule has 1 saturated carbocycles. The average molecular weight is 463 g/mol. The summed E-state index contributed by atoms with van der Waals surface area (Å²) < 4.78 is 7.14. The Morgan fingerprint density at radius 1 is 1.18 bits per heavy atom. The number of hydrogen-bond donors (Lipinski definition) is 3. The molecule has 0 radical (unpaired) electrons. The Hall–Kier alpha value is -3.65. The lowest BCUT2D eigenvalue weighted by Crippen LogP contribution is -2.48. The van der Waals surface area contributed by atoms with E-state index in [9.17, 15) is 14.7 Å². The van der Waals surface area contributed by atoms with Crippen molar-refractivity contribution in [2.24, 2.45) is 12.8 Å². The molecular formula is C26H30N4O4. The van der Waals surface area contributed by atoms with E-state index in [1.165, 1.54) is 7.11 Å². The number of nitrogens with zero attached hydrogens (tertiary/aromatic N) is 2. The van der Waals surface area contributed by atoms with Crippen LogP contribution in [0.3, 0.4) is 0 Å². The minimum absolute atomic E-state index is 0.0371. The molecule has 3 aromatic rings. The average Bonchev–Trinajstić information content (AvgIpc) is 3.43. The van der Waals surface area contributed by atoms with Crippen LogP contribution in [0.1, 0.15) is 42.5 Å². The number of carbonyl (C=O) groups is 2. The highest BCUT2D eigenvalue weighted by atomic mass is 16.5. The summed E-state index contributed by atoms with van der Waals surface area (Å²) in [6.45, 7) is 0. The van der Waals surface area contributed by atoms with Crippen LogP contribution in [0.15, 0.2) is 48.5 Å². The van der Waals surface area contributed by atoms with Crippen LogP contribution in [0.25, 0.3) is 10.9 Å². The zero-order valence-electron chi connectivity index (χ0n) is 19.5. The van der Waals surface area contributed by atoms with E-state index < -0.39 is 18.0 Å². The smallest absolute Gasteiger partial charge is 0.342 e. The molecule has 178 valence electrons. The number of carboxylic acid groups (broad SMARTS) is 1. The topological polar surface area (TPSA) is 122 Å². The Morgan fingerprint density at radius 2 is 1.85 bits per heavy atom. The van der Waals surface area contributed by atoms with E-state index in [4.69, 9.17) is 15.9 Å². The largest absolute Gasteiger partial charge is 0.479 e. The van der Waals surface area contributed by atoms with Crippen LogP contribution in [0.4, 0.5) is 5.69 Å². The molecule has 1 atom stereocenters. The third-order valence-electron chi connectivity index (χ3n) is 6.67. The van der Waals surface area contributed by atoms with Gasteiger partial charge in [-0.05, 0) is 42.7 Å². The Bertz CT molecular complexity index is 1230. The van der Waals surface area contributed by atoms with Crippen molar-refractivity contribution in [3.63, 3.8) is 0 Å². The van der Waals surface area contributed by atoms with Crippen molar-refractivity contribution in [3.05, 3.63) is 65.4 Å². The highest BCUT2D eigenvalue weighted by molar-refractivity contribution is 6.09. The van der Waals surface area contributed by atoms with E-state index in [2.05, 4.69) is 10.6 Å². The van der Waals surface area contributed by atoms with Gasteiger partial charge in [0, 0.05) is 54.5 Å². The van der Waals surface area contributed by atoms with Crippen LogP contribution in [0, 0.1) is 5.41 Å². The first kappa shape index (κ1) is 23.5. The number of anilines is 1. The van der Waals surface area contributed by atoms with Crippen molar-refractivity contribution >= 4 is 34.3 Å². The van der Waals surface area contributed by atoms with Crippen LogP contribution >= 0.6 is 0 Å². The fourth-order valence-corrected chi connectivity index (χ4v) is 4.84. The number of amidine groups is 1. The summed E-state index contributed by atoms with van der Waals surface area (Å²) in [6.07, 6.45) is 2.89. The molecule has 0 aliphatic heterocycles. The molecule has 4 N–H and O–H groups in total. The summed E-state index contributed by atoms with van der Waals surface area (Å²) in [5.74, 6) is -1.78. The van der Waals surface area contributed by atoms with Gasteiger partial charge in [0.05, 0.1) is 0 Å². The predicted octanol–water partition coefficient (Wildman–Crippen LogP) is 3.43. The van der Waals surface area contributed by atoms with Gasteiger partial charge in [0.2, 0.25) is 6.10 Å². The monoisotopic (exact) mass is 462 g/mol. The maximum atomic E-state index is 13.2. The summed E-state index contributed by atoms with van der Waals surface area (Å²) in [4.78, 5) is 26.5. The maximum absolute atomic E-state index is 13.2. The zero-order valence-corrected chi connectivity index (χ0v) is 19.5. The molecule has 34 heavy (non-hydrogen) atoms. The quantitative estimate of drug-likeness (QED) is 0.269. The Balaban J connectivity index is 1.67. The van der Waals surface area contributed by atoms with Crippen molar-refractivity contribution in [1.82, 2.24) is 4.57 Å². The number of aromatic nitrogens is 1. The van der Waals surface area contributed by atoms with Gasteiger partial charge in [0.1, 0.15) is 5.84 Å². The number of aliphatic carboxylic acids is 1. The maximum Gasteiger partial charge on any atom is 0.342 e. The second-order valence-electron chi connectivity index (χ2n) is 8.83. The van der Waals surface area contributed by atoms with Crippen molar-refractivity contribution in [1.29, 1.82) is 5.41 Å². The summed E-state index contributed by atoms with van der Waals surface area (Å²) >= 11 is 0. The molecule has 2 aromatic carbocycles. The van der Waals surface area contributed by atoms with Gasteiger partial charge in [-0.2, -0.15) is 0 Å². The molecule has 0 bridgehead atoms. The van der Waals surface area contributed by atoms with E-state index in [0.717, 1.165) is 47.8 Å². The van der Waals surface area contributed by atoms with Crippen LogP contribution in [-0.2, 0) is 27.8 Å². The fraction of sp³-hybridized carbons (Fsp3) is 0.346. The van der Waals surface area contributed by atoms with Gasteiger partial charge in [-0.15, -0.1) is 0 Å². The molecule has 8 nitrogen and oxygen atoms in total. The standard InChI is InChI=1S/C26H30N4O4/c1-29-21(13-16-7-9-17(10-8-16)24(27)28)15-18-14-20(11-12-22(18)29)30(19-5-3-4-6-19)25(31)23(34-2)26(32)33/h7-12,14-15,19,23H,3-6,13H2,1-2H3,(H3,27,28)(H,32,33). The number of hydrogen-bond acceptors (Lipinski definition) is 4. The number of amides is 1. The van der Waals surface area contributed by atoms with Gasteiger partial charge in [0.15, 0.2) is 0 Å². The molecule has 1 aliphatic rings. The molecule has 0 spiro atoms. The van der Waals surface area contributed by atoms with Crippen LogP contribution < -0.4 is 10.6 Å². The lowest BCUT2D eigenvalue weighted by molar-refractivity contribution is -0.154. The van der Waals surface area contributed by atoms with Crippen LogP contribution in [0.2, 0.25) is 0 Å². The molecule has 1 fully saturated rings. The lowest BCUT2D eigenvalue weighted by Gasteiger charge is -2.31. The van der Waals surface area contributed by atoms with Gasteiger partial charge in [0.25, 0.3) is 5.91 Å². The molecule has 8 heteroatoms. The third-order valence-corrected chi connectivity index (χ3v) is 6.67. The molecular weight excluding hydrogens is 432 g/mol. The van der Waals surface area contributed by atoms with E-state index in [1.807, 2.05) is 49.5 Å². The Kier molecular flexibility index (Phi) is 6.70. The van der Waals surface area contributed by atoms with Gasteiger partial charge in [-0.3, -0.25) is 10.2 Å². The van der Waals surface area contributed by atoms with Gasteiger partial charge in [-0.1, -0.05) is 37.1 Å².